The maximum absolute atomic E-state index is 12.8. The van der Waals surface area contributed by atoms with Gasteiger partial charge in [0.15, 0.2) is 5.78 Å². The van der Waals surface area contributed by atoms with Gasteiger partial charge in [0.25, 0.3) is 0 Å². The molecule has 1 aliphatic rings. The van der Waals surface area contributed by atoms with E-state index in [4.69, 9.17) is 0 Å². The highest BCUT2D eigenvalue weighted by Gasteiger charge is 2.31. The van der Waals surface area contributed by atoms with Crippen LogP contribution < -0.4 is 4.74 Å². The lowest BCUT2D eigenvalue weighted by molar-refractivity contribution is -0.274. The minimum absolute atomic E-state index is 0.0610. The summed E-state index contributed by atoms with van der Waals surface area (Å²) in [6, 6.07) is 7.33. The number of hydrogen-bond acceptors (Lipinski definition) is 5. The van der Waals surface area contributed by atoms with E-state index in [9.17, 15) is 18.0 Å². The van der Waals surface area contributed by atoms with E-state index in [1.165, 1.54) is 36.0 Å². The normalized spacial score (nSPS) is 14.2. The number of thioether (sulfide) groups is 1. The average Bonchev–Trinajstić information content (AvgIpc) is 3.34. The average molecular weight is 436 g/mol. The molecular formula is C20H19F3N4O2S. The van der Waals surface area contributed by atoms with Crippen LogP contribution in [0.15, 0.2) is 35.5 Å². The quantitative estimate of drug-likeness (QED) is 0.419. The second-order valence-electron chi connectivity index (χ2n) is 7.15. The van der Waals surface area contributed by atoms with Crippen LogP contribution in [0.3, 0.4) is 0 Å². The molecule has 0 aliphatic heterocycles. The smallest absolute Gasteiger partial charge is 0.406 e. The van der Waals surface area contributed by atoms with Gasteiger partial charge in [-0.3, -0.25) is 9.89 Å². The van der Waals surface area contributed by atoms with Crippen molar-refractivity contribution in [3.63, 3.8) is 0 Å². The first-order valence-electron chi connectivity index (χ1n) is 9.34. The van der Waals surface area contributed by atoms with Gasteiger partial charge in [0.1, 0.15) is 11.6 Å². The minimum atomic E-state index is -4.74. The zero-order chi connectivity index (χ0) is 21.5. The van der Waals surface area contributed by atoms with Crippen LogP contribution in [0.1, 0.15) is 46.3 Å². The molecule has 0 bridgehead atoms. The van der Waals surface area contributed by atoms with Crippen LogP contribution in [0, 0.1) is 13.8 Å². The molecule has 1 saturated carbocycles. The molecule has 10 heteroatoms. The standard InChI is InChI=1S/C20H19F3N4O2S/c1-11-9-16(17(28)10-30-19-24-18(25-26-19)13-3-4-13)12(2)27(11)14-5-7-15(8-6-14)29-20(21,22)23/h5-9,13H,3-4,10H2,1-2H3,(H,24,25,26). The second-order valence-corrected chi connectivity index (χ2v) is 8.09. The SMILES string of the molecule is Cc1cc(C(=O)CSc2n[nH]c(C3CC3)n2)c(C)n1-c1ccc(OC(F)(F)F)cc1. The molecule has 3 aromatic rings. The number of nitrogens with one attached hydrogen (secondary N) is 1. The number of nitrogens with zero attached hydrogens (tertiary/aromatic N) is 3. The number of rotatable bonds is 7. The maximum atomic E-state index is 12.8. The van der Waals surface area contributed by atoms with Crippen LogP contribution in [0.4, 0.5) is 13.2 Å². The summed E-state index contributed by atoms with van der Waals surface area (Å²) in [4.78, 5) is 17.2. The van der Waals surface area contributed by atoms with Gasteiger partial charge in [-0.2, -0.15) is 0 Å². The van der Waals surface area contributed by atoms with E-state index in [0.717, 1.165) is 30.1 Å². The number of carbonyl (C=O) groups is 1. The minimum Gasteiger partial charge on any atom is -0.406 e. The Morgan fingerprint density at radius 1 is 1.27 bits per heavy atom. The van der Waals surface area contributed by atoms with Gasteiger partial charge < -0.3 is 9.30 Å². The third kappa shape index (κ3) is 4.53. The van der Waals surface area contributed by atoms with Gasteiger partial charge >= 0.3 is 6.36 Å². The zero-order valence-corrected chi connectivity index (χ0v) is 17.1. The number of halogens is 3. The molecule has 30 heavy (non-hydrogen) atoms. The monoisotopic (exact) mass is 436 g/mol. The zero-order valence-electron chi connectivity index (χ0n) is 16.3. The number of aromatic nitrogens is 4. The van der Waals surface area contributed by atoms with Crippen LogP contribution in [-0.4, -0.2) is 37.6 Å². The first kappa shape index (κ1) is 20.5. The Bertz CT molecular complexity index is 1070. The molecular weight excluding hydrogens is 417 g/mol. The van der Waals surface area contributed by atoms with Gasteiger partial charge in [0.05, 0.1) is 5.75 Å². The first-order valence-corrected chi connectivity index (χ1v) is 10.3. The molecule has 2 heterocycles. The molecule has 2 aromatic heterocycles. The topological polar surface area (TPSA) is 72.8 Å². The molecule has 158 valence electrons. The van der Waals surface area contributed by atoms with Crippen LogP contribution in [0.2, 0.25) is 0 Å². The number of alkyl halides is 3. The lowest BCUT2D eigenvalue weighted by Gasteiger charge is -2.12. The molecule has 1 aliphatic carbocycles. The summed E-state index contributed by atoms with van der Waals surface area (Å²) in [5.74, 6) is 1.19. The van der Waals surface area contributed by atoms with Gasteiger partial charge in [0.2, 0.25) is 5.16 Å². The lowest BCUT2D eigenvalue weighted by atomic mass is 10.2. The van der Waals surface area contributed by atoms with Crippen LogP contribution in [0.5, 0.6) is 5.75 Å². The van der Waals surface area contributed by atoms with Crippen LogP contribution >= 0.6 is 11.8 Å². The van der Waals surface area contributed by atoms with Crippen molar-refractivity contribution in [2.45, 2.75) is 44.1 Å². The lowest BCUT2D eigenvalue weighted by Crippen LogP contribution is -2.17. The molecule has 0 amide bonds. The third-order valence-corrected chi connectivity index (χ3v) is 5.69. The van der Waals surface area contributed by atoms with E-state index in [2.05, 4.69) is 19.9 Å². The Morgan fingerprint density at radius 3 is 2.60 bits per heavy atom. The summed E-state index contributed by atoms with van der Waals surface area (Å²) in [5, 5.41) is 7.62. The molecule has 0 saturated heterocycles. The van der Waals surface area contributed by atoms with Crippen molar-refractivity contribution in [1.29, 1.82) is 0 Å². The number of ketones is 1. The molecule has 0 atom stereocenters. The second kappa shape index (κ2) is 7.82. The summed E-state index contributed by atoms with van der Waals surface area (Å²) in [5.41, 5.74) is 2.73. The number of carbonyl (C=O) groups excluding carboxylic acids is 1. The fourth-order valence-electron chi connectivity index (χ4n) is 3.31. The Balaban J connectivity index is 1.47. The molecule has 1 N–H and O–H groups in total. The number of aromatic amines is 1. The predicted molar refractivity (Wildman–Crippen MR) is 105 cm³/mol. The Morgan fingerprint density at radius 2 is 1.97 bits per heavy atom. The van der Waals surface area contributed by atoms with Crippen molar-refractivity contribution in [1.82, 2.24) is 19.7 Å². The van der Waals surface area contributed by atoms with E-state index in [0.29, 0.717) is 22.3 Å². The largest absolute Gasteiger partial charge is 0.573 e. The van der Waals surface area contributed by atoms with Gasteiger partial charge in [-0.25, -0.2) is 4.98 Å². The number of aryl methyl sites for hydroxylation is 1. The first-order chi connectivity index (χ1) is 14.2. The van der Waals surface area contributed by atoms with Crippen molar-refractivity contribution < 1.29 is 22.7 Å². The fraction of sp³-hybridized carbons (Fsp3) is 0.350. The molecule has 1 aromatic carbocycles. The van der Waals surface area contributed by atoms with Crippen molar-refractivity contribution in [2.75, 3.05) is 5.75 Å². The Kier molecular flexibility index (Phi) is 5.35. The molecule has 0 spiro atoms. The highest BCUT2D eigenvalue weighted by Crippen LogP contribution is 2.38. The van der Waals surface area contributed by atoms with E-state index in [-0.39, 0.29) is 17.3 Å². The number of hydrogen-bond donors (Lipinski definition) is 1. The predicted octanol–water partition coefficient (Wildman–Crippen LogP) is 4.96. The van der Waals surface area contributed by atoms with E-state index < -0.39 is 6.36 Å². The highest BCUT2D eigenvalue weighted by molar-refractivity contribution is 7.99. The molecule has 4 rings (SSSR count). The Hall–Kier alpha value is -2.75. The number of H-pyrrole nitrogens is 1. The molecule has 0 unspecified atom stereocenters. The van der Waals surface area contributed by atoms with Crippen molar-refractivity contribution in [3.05, 3.63) is 53.1 Å². The van der Waals surface area contributed by atoms with E-state index >= 15 is 0 Å². The van der Waals surface area contributed by atoms with Crippen molar-refractivity contribution in [2.24, 2.45) is 0 Å². The van der Waals surface area contributed by atoms with E-state index in [1.807, 2.05) is 18.4 Å². The number of benzene rings is 1. The molecule has 0 radical (unpaired) electrons. The Labute approximate surface area is 174 Å². The van der Waals surface area contributed by atoms with Crippen LogP contribution in [-0.2, 0) is 0 Å². The fourth-order valence-corrected chi connectivity index (χ4v) is 4.00. The van der Waals surface area contributed by atoms with Gasteiger partial charge in [-0.15, -0.1) is 18.3 Å². The van der Waals surface area contributed by atoms with Crippen molar-refractivity contribution >= 4 is 17.5 Å². The van der Waals surface area contributed by atoms with Gasteiger partial charge in [0, 0.05) is 28.6 Å². The van der Waals surface area contributed by atoms with Crippen molar-refractivity contribution in [3.8, 4) is 11.4 Å². The maximum Gasteiger partial charge on any atom is 0.573 e. The summed E-state index contributed by atoms with van der Waals surface area (Å²) >= 11 is 1.28. The summed E-state index contributed by atoms with van der Waals surface area (Å²) in [6.07, 6.45) is -2.50. The molecule has 1 fully saturated rings. The van der Waals surface area contributed by atoms with Gasteiger partial charge in [-0.1, -0.05) is 11.8 Å². The summed E-state index contributed by atoms with van der Waals surface area (Å²) in [6.45, 7) is 3.65. The van der Waals surface area contributed by atoms with Gasteiger partial charge in [-0.05, 0) is 57.0 Å². The molecule has 6 nitrogen and oxygen atoms in total. The van der Waals surface area contributed by atoms with Crippen LogP contribution in [0.25, 0.3) is 5.69 Å². The summed E-state index contributed by atoms with van der Waals surface area (Å²) in [7, 11) is 0. The number of Topliss-reactive ketones (excluding diaryl/α,β-unsaturated/α-hetero) is 1. The number of ether oxygens (including phenoxy) is 1. The van der Waals surface area contributed by atoms with E-state index in [1.54, 1.807) is 6.07 Å². The highest BCUT2D eigenvalue weighted by atomic mass is 32.2. The third-order valence-electron chi connectivity index (χ3n) is 4.84. The summed E-state index contributed by atoms with van der Waals surface area (Å²) < 4.78 is 42.8.